The number of hydrogen-bond acceptors (Lipinski definition) is 3. The van der Waals surface area contributed by atoms with Crippen LogP contribution in [0.3, 0.4) is 0 Å². The van der Waals surface area contributed by atoms with E-state index in [4.69, 9.17) is 17.3 Å². The van der Waals surface area contributed by atoms with Gasteiger partial charge >= 0.3 is 0 Å². The van der Waals surface area contributed by atoms with Crippen LogP contribution in [0.2, 0.25) is 5.02 Å². The van der Waals surface area contributed by atoms with Crippen molar-refractivity contribution in [3.8, 4) is 0 Å². The van der Waals surface area contributed by atoms with E-state index in [1.165, 1.54) is 0 Å². The molecule has 2 aromatic carbocycles. The second-order valence-electron chi connectivity index (χ2n) is 5.06. The average molecular weight is 304 g/mol. The molecule has 0 aliphatic carbocycles. The van der Waals surface area contributed by atoms with E-state index in [9.17, 15) is 4.79 Å². The molecule has 0 fully saturated rings. The normalized spacial score (nSPS) is 10.3. The molecule has 2 aromatic rings. The molecule has 5 heteroatoms. The standard InChI is InChI=1S/C16H18ClN3O/c1-10-9-11(7-8-13(10)18)16(21)19-14-6-4-5-12(17)15(14)20(2)3/h4-9H,18H2,1-3H3,(H,19,21). The number of nitrogens with one attached hydrogen (secondary N) is 1. The summed E-state index contributed by atoms with van der Waals surface area (Å²) in [5.74, 6) is -0.191. The zero-order chi connectivity index (χ0) is 15.6. The van der Waals surface area contributed by atoms with E-state index in [2.05, 4.69) is 5.32 Å². The molecule has 1 amide bonds. The number of carbonyl (C=O) groups is 1. The van der Waals surface area contributed by atoms with Crippen molar-refractivity contribution in [1.29, 1.82) is 0 Å². The maximum Gasteiger partial charge on any atom is 0.255 e. The van der Waals surface area contributed by atoms with Gasteiger partial charge in [-0.1, -0.05) is 17.7 Å². The Morgan fingerprint density at radius 1 is 1.24 bits per heavy atom. The van der Waals surface area contributed by atoms with Crippen molar-refractivity contribution in [3.63, 3.8) is 0 Å². The van der Waals surface area contributed by atoms with Crippen LogP contribution < -0.4 is 16.0 Å². The molecule has 0 aliphatic heterocycles. The van der Waals surface area contributed by atoms with Gasteiger partial charge in [-0.3, -0.25) is 4.79 Å². The van der Waals surface area contributed by atoms with Gasteiger partial charge in [0.1, 0.15) is 0 Å². The second-order valence-corrected chi connectivity index (χ2v) is 5.46. The molecule has 0 saturated heterocycles. The molecule has 0 atom stereocenters. The van der Waals surface area contributed by atoms with Crippen LogP contribution in [0.15, 0.2) is 36.4 Å². The van der Waals surface area contributed by atoms with E-state index in [0.29, 0.717) is 22.0 Å². The number of amides is 1. The van der Waals surface area contributed by atoms with Gasteiger partial charge < -0.3 is 16.0 Å². The van der Waals surface area contributed by atoms with Crippen molar-refractivity contribution in [2.24, 2.45) is 0 Å². The van der Waals surface area contributed by atoms with Crippen molar-refractivity contribution in [2.45, 2.75) is 6.92 Å². The molecule has 4 nitrogen and oxygen atoms in total. The smallest absolute Gasteiger partial charge is 0.255 e. The highest BCUT2D eigenvalue weighted by Crippen LogP contribution is 2.32. The Morgan fingerprint density at radius 3 is 2.57 bits per heavy atom. The molecule has 0 heterocycles. The first-order chi connectivity index (χ1) is 9.90. The molecule has 0 saturated carbocycles. The van der Waals surface area contributed by atoms with Crippen LogP contribution in [0.5, 0.6) is 0 Å². The maximum atomic E-state index is 12.4. The van der Waals surface area contributed by atoms with Crippen LogP contribution in [0.4, 0.5) is 17.1 Å². The van der Waals surface area contributed by atoms with Gasteiger partial charge in [0, 0.05) is 25.3 Å². The number of benzene rings is 2. The maximum absolute atomic E-state index is 12.4. The highest BCUT2D eigenvalue weighted by molar-refractivity contribution is 6.34. The number of para-hydroxylation sites is 1. The van der Waals surface area contributed by atoms with Gasteiger partial charge in [0.05, 0.1) is 16.4 Å². The largest absolute Gasteiger partial charge is 0.399 e. The number of anilines is 3. The van der Waals surface area contributed by atoms with Crippen molar-refractivity contribution in [3.05, 3.63) is 52.5 Å². The highest BCUT2D eigenvalue weighted by atomic mass is 35.5. The van der Waals surface area contributed by atoms with Gasteiger partial charge in [0.25, 0.3) is 5.91 Å². The summed E-state index contributed by atoms with van der Waals surface area (Å²) in [7, 11) is 3.76. The SMILES string of the molecule is Cc1cc(C(=O)Nc2cccc(Cl)c2N(C)C)ccc1N. The van der Waals surface area contributed by atoms with Crippen LogP contribution >= 0.6 is 11.6 Å². The topological polar surface area (TPSA) is 58.4 Å². The van der Waals surface area contributed by atoms with Gasteiger partial charge in [-0.05, 0) is 42.8 Å². The lowest BCUT2D eigenvalue weighted by Crippen LogP contribution is -2.17. The molecular formula is C16H18ClN3O. The Kier molecular flexibility index (Phi) is 4.38. The summed E-state index contributed by atoms with van der Waals surface area (Å²) < 4.78 is 0. The number of hydrogen-bond donors (Lipinski definition) is 2. The van der Waals surface area contributed by atoms with Crippen molar-refractivity contribution >= 4 is 34.6 Å². The fourth-order valence-corrected chi connectivity index (χ4v) is 2.43. The molecule has 0 spiro atoms. The monoisotopic (exact) mass is 303 g/mol. The van der Waals surface area contributed by atoms with Gasteiger partial charge in [-0.2, -0.15) is 0 Å². The van der Waals surface area contributed by atoms with E-state index >= 15 is 0 Å². The predicted octanol–water partition coefficient (Wildman–Crippen LogP) is 3.55. The summed E-state index contributed by atoms with van der Waals surface area (Å²) >= 11 is 6.19. The fourth-order valence-electron chi connectivity index (χ4n) is 2.08. The molecule has 0 bridgehead atoms. The summed E-state index contributed by atoms with van der Waals surface area (Å²) in [6, 6.07) is 10.6. The minimum Gasteiger partial charge on any atom is -0.399 e. The third kappa shape index (κ3) is 3.28. The van der Waals surface area contributed by atoms with E-state index in [-0.39, 0.29) is 5.91 Å². The van der Waals surface area contributed by atoms with Crippen molar-refractivity contribution in [2.75, 3.05) is 30.0 Å². The predicted molar refractivity (Wildman–Crippen MR) is 89.3 cm³/mol. The Morgan fingerprint density at radius 2 is 1.95 bits per heavy atom. The number of rotatable bonds is 3. The lowest BCUT2D eigenvalue weighted by Gasteiger charge is -2.19. The summed E-state index contributed by atoms with van der Waals surface area (Å²) in [6.07, 6.45) is 0. The summed E-state index contributed by atoms with van der Waals surface area (Å²) in [6.45, 7) is 1.87. The number of carbonyl (C=O) groups excluding carboxylic acids is 1. The Balaban J connectivity index is 2.31. The van der Waals surface area contributed by atoms with E-state index in [0.717, 1.165) is 11.3 Å². The summed E-state index contributed by atoms with van der Waals surface area (Å²) in [4.78, 5) is 14.2. The first-order valence-electron chi connectivity index (χ1n) is 6.53. The van der Waals surface area contributed by atoms with Crippen LogP contribution in [0, 0.1) is 6.92 Å². The number of nitrogen functional groups attached to an aromatic ring is 1. The Labute approximate surface area is 129 Å². The average Bonchev–Trinajstić information content (AvgIpc) is 2.41. The van der Waals surface area contributed by atoms with Crippen LogP contribution in [0.25, 0.3) is 0 Å². The van der Waals surface area contributed by atoms with Gasteiger partial charge in [-0.15, -0.1) is 0 Å². The minimum atomic E-state index is -0.191. The third-order valence-electron chi connectivity index (χ3n) is 3.21. The quantitative estimate of drug-likeness (QED) is 0.853. The number of aryl methyl sites for hydroxylation is 1. The number of nitrogens with two attached hydrogens (primary N) is 1. The van der Waals surface area contributed by atoms with E-state index in [1.54, 1.807) is 30.3 Å². The fraction of sp³-hybridized carbons (Fsp3) is 0.188. The second kappa shape index (κ2) is 6.06. The first kappa shape index (κ1) is 15.2. The molecule has 2 rings (SSSR count). The van der Waals surface area contributed by atoms with E-state index in [1.807, 2.05) is 32.0 Å². The van der Waals surface area contributed by atoms with Crippen LogP contribution in [-0.2, 0) is 0 Å². The van der Waals surface area contributed by atoms with Crippen molar-refractivity contribution < 1.29 is 4.79 Å². The Bertz CT molecular complexity index is 683. The zero-order valence-corrected chi connectivity index (χ0v) is 13.0. The molecule has 0 radical (unpaired) electrons. The molecule has 0 unspecified atom stereocenters. The molecule has 110 valence electrons. The van der Waals surface area contributed by atoms with Gasteiger partial charge in [0.15, 0.2) is 0 Å². The first-order valence-corrected chi connectivity index (χ1v) is 6.91. The summed E-state index contributed by atoms with van der Waals surface area (Å²) in [5, 5.41) is 3.48. The number of nitrogens with zero attached hydrogens (tertiary/aromatic N) is 1. The minimum absolute atomic E-state index is 0.191. The molecule has 0 aromatic heterocycles. The highest BCUT2D eigenvalue weighted by Gasteiger charge is 2.13. The summed E-state index contributed by atoms with van der Waals surface area (Å²) in [5.41, 5.74) is 9.33. The van der Waals surface area contributed by atoms with Crippen molar-refractivity contribution in [1.82, 2.24) is 0 Å². The van der Waals surface area contributed by atoms with Gasteiger partial charge in [-0.25, -0.2) is 0 Å². The molecule has 3 N–H and O–H groups in total. The van der Waals surface area contributed by atoms with Crippen LogP contribution in [0.1, 0.15) is 15.9 Å². The molecular weight excluding hydrogens is 286 g/mol. The van der Waals surface area contributed by atoms with Crippen LogP contribution in [-0.4, -0.2) is 20.0 Å². The third-order valence-corrected chi connectivity index (χ3v) is 3.52. The molecule has 0 aliphatic rings. The Hall–Kier alpha value is -2.20. The lowest BCUT2D eigenvalue weighted by atomic mass is 10.1. The molecule has 21 heavy (non-hydrogen) atoms. The number of halogens is 1. The van der Waals surface area contributed by atoms with E-state index < -0.39 is 0 Å². The van der Waals surface area contributed by atoms with Gasteiger partial charge in [0.2, 0.25) is 0 Å². The zero-order valence-electron chi connectivity index (χ0n) is 12.3. The lowest BCUT2D eigenvalue weighted by molar-refractivity contribution is 0.102.